The van der Waals surface area contributed by atoms with Crippen molar-refractivity contribution in [2.45, 2.75) is 19.9 Å². The summed E-state index contributed by atoms with van der Waals surface area (Å²) < 4.78 is 0. The normalized spacial score (nSPS) is 16.4. The first-order valence-corrected chi connectivity index (χ1v) is 9.63. The van der Waals surface area contributed by atoms with Crippen LogP contribution in [0, 0.1) is 6.92 Å². The summed E-state index contributed by atoms with van der Waals surface area (Å²) in [7, 11) is 0. The van der Waals surface area contributed by atoms with Crippen molar-refractivity contribution in [3.8, 4) is 0 Å². The number of para-hydroxylation sites is 1. The van der Waals surface area contributed by atoms with Crippen LogP contribution < -0.4 is 15.1 Å². The van der Waals surface area contributed by atoms with Crippen LogP contribution in [0.25, 0.3) is 0 Å². The van der Waals surface area contributed by atoms with E-state index in [0.717, 1.165) is 48.1 Å². The number of benzene rings is 2. The zero-order valence-corrected chi connectivity index (χ0v) is 16.6. The van der Waals surface area contributed by atoms with Crippen LogP contribution in [0.15, 0.2) is 42.5 Å². The van der Waals surface area contributed by atoms with E-state index in [1.807, 2.05) is 56.3 Å². The lowest BCUT2D eigenvalue weighted by atomic mass is 10.1. The van der Waals surface area contributed by atoms with Crippen LogP contribution in [0.2, 0.25) is 10.0 Å². The predicted octanol–water partition coefficient (Wildman–Crippen LogP) is 3.03. The largest absolute Gasteiger partial charge is 0.359 e. The Hall–Kier alpha value is -1.75. The molecule has 26 heavy (non-hydrogen) atoms. The third-order valence-electron chi connectivity index (χ3n) is 5.13. The third-order valence-corrected chi connectivity index (χ3v) is 5.86. The molecule has 6 heteroatoms. The Labute approximate surface area is 164 Å². The lowest BCUT2D eigenvalue weighted by Gasteiger charge is -2.36. The number of carbonyl (C=O) groups excluding carboxylic acids is 1. The summed E-state index contributed by atoms with van der Waals surface area (Å²) in [5.74, 6) is 0.0246. The van der Waals surface area contributed by atoms with E-state index in [2.05, 4.69) is 10.2 Å². The molecule has 4 nitrogen and oxygen atoms in total. The Morgan fingerprint density at radius 2 is 1.73 bits per heavy atom. The van der Waals surface area contributed by atoms with Gasteiger partial charge in [0.05, 0.1) is 36.9 Å². The molecule has 0 unspecified atom stereocenters. The number of quaternary nitrogens is 1. The molecule has 1 aliphatic rings. The average molecular weight is 393 g/mol. The topological polar surface area (TPSA) is 36.8 Å². The highest BCUT2D eigenvalue weighted by molar-refractivity contribution is 6.33. The van der Waals surface area contributed by atoms with Gasteiger partial charge in [-0.15, -0.1) is 0 Å². The number of nitrogens with one attached hydrogen (secondary N) is 2. The molecule has 1 amide bonds. The molecule has 0 saturated carbocycles. The average Bonchev–Trinajstić information content (AvgIpc) is 2.65. The van der Waals surface area contributed by atoms with Gasteiger partial charge in [0.2, 0.25) is 0 Å². The number of piperazine rings is 1. The zero-order valence-electron chi connectivity index (χ0n) is 15.1. The summed E-state index contributed by atoms with van der Waals surface area (Å²) in [5.41, 5.74) is 2.75. The van der Waals surface area contributed by atoms with Crippen LogP contribution in [0.1, 0.15) is 12.5 Å². The molecule has 2 aromatic rings. The third kappa shape index (κ3) is 4.14. The molecule has 2 N–H and O–H groups in total. The highest BCUT2D eigenvalue weighted by Gasteiger charge is 2.30. The molecule has 0 radical (unpaired) electrons. The Morgan fingerprint density at radius 3 is 2.42 bits per heavy atom. The SMILES string of the molecule is Cc1c(Cl)cccc1NC(=O)[C@@H](C)[NH+]1CCN(c2ccccc2Cl)CC1. The minimum atomic E-state index is -0.123. The van der Waals surface area contributed by atoms with Crippen LogP contribution in [-0.4, -0.2) is 38.1 Å². The molecule has 0 aliphatic carbocycles. The van der Waals surface area contributed by atoms with Gasteiger partial charge in [0.25, 0.3) is 5.91 Å². The van der Waals surface area contributed by atoms with Gasteiger partial charge in [-0.3, -0.25) is 4.79 Å². The van der Waals surface area contributed by atoms with Crippen LogP contribution in [-0.2, 0) is 4.79 Å². The van der Waals surface area contributed by atoms with Crippen molar-refractivity contribution in [1.82, 2.24) is 0 Å². The Bertz CT molecular complexity index is 788. The van der Waals surface area contributed by atoms with Gasteiger partial charge in [0.15, 0.2) is 6.04 Å². The Kier molecular flexibility index (Phi) is 6.07. The molecule has 0 aromatic heterocycles. The van der Waals surface area contributed by atoms with E-state index in [1.165, 1.54) is 4.90 Å². The Balaban J connectivity index is 1.59. The van der Waals surface area contributed by atoms with E-state index in [0.29, 0.717) is 5.02 Å². The van der Waals surface area contributed by atoms with Gasteiger partial charge in [-0.2, -0.15) is 0 Å². The number of nitrogens with zero attached hydrogens (tertiary/aromatic N) is 1. The summed E-state index contributed by atoms with van der Waals surface area (Å²) in [5, 5.41) is 4.46. The molecule has 1 atom stereocenters. The van der Waals surface area contributed by atoms with Crippen LogP contribution in [0.3, 0.4) is 0 Å². The number of carbonyl (C=O) groups is 1. The predicted molar refractivity (Wildman–Crippen MR) is 109 cm³/mol. The molecule has 138 valence electrons. The number of hydrogen-bond donors (Lipinski definition) is 2. The van der Waals surface area contributed by atoms with Gasteiger partial charge in [0.1, 0.15) is 0 Å². The smallest absolute Gasteiger partial charge is 0.282 e. The van der Waals surface area contributed by atoms with E-state index < -0.39 is 0 Å². The molecule has 3 rings (SSSR count). The van der Waals surface area contributed by atoms with Crippen molar-refractivity contribution in [3.63, 3.8) is 0 Å². The monoisotopic (exact) mass is 392 g/mol. The van der Waals surface area contributed by atoms with E-state index in [9.17, 15) is 4.79 Å². The quantitative estimate of drug-likeness (QED) is 0.838. The first kappa shape index (κ1) is 19.0. The molecular formula is C20H24Cl2N3O+. The van der Waals surface area contributed by atoms with E-state index in [1.54, 1.807) is 0 Å². The van der Waals surface area contributed by atoms with Gasteiger partial charge in [-0.05, 0) is 43.7 Å². The number of halogens is 2. The molecule has 1 saturated heterocycles. The van der Waals surface area contributed by atoms with Crippen LogP contribution in [0.4, 0.5) is 11.4 Å². The standard InChI is InChI=1S/C20H23Cl2N3O/c1-14-16(21)7-5-8-18(14)23-20(26)15(2)24-10-12-25(13-11-24)19-9-4-3-6-17(19)22/h3-9,15H,10-13H2,1-2H3,(H,23,26)/p+1/t15-/m1/s1. The highest BCUT2D eigenvalue weighted by atomic mass is 35.5. The van der Waals surface area contributed by atoms with Crippen molar-refractivity contribution >= 4 is 40.5 Å². The molecular weight excluding hydrogens is 369 g/mol. The highest BCUT2D eigenvalue weighted by Crippen LogP contribution is 2.25. The van der Waals surface area contributed by atoms with E-state index in [-0.39, 0.29) is 11.9 Å². The van der Waals surface area contributed by atoms with Crippen molar-refractivity contribution in [2.75, 3.05) is 36.4 Å². The lowest BCUT2D eigenvalue weighted by Crippen LogP contribution is -3.19. The van der Waals surface area contributed by atoms with Crippen molar-refractivity contribution < 1.29 is 9.69 Å². The van der Waals surface area contributed by atoms with Crippen molar-refractivity contribution in [3.05, 3.63) is 58.1 Å². The second-order valence-electron chi connectivity index (χ2n) is 6.72. The molecule has 1 fully saturated rings. The fraction of sp³-hybridized carbons (Fsp3) is 0.350. The van der Waals surface area contributed by atoms with Gasteiger partial charge in [-0.25, -0.2) is 0 Å². The van der Waals surface area contributed by atoms with Gasteiger partial charge >= 0.3 is 0 Å². The van der Waals surface area contributed by atoms with Gasteiger partial charge in [0, 0.05) is 10.7 Å². The molecule has 1 heterocycles. The molecule has 0 spiro atoms. The maximum absolute atomic E-state index is 12.7. The zero-order chi connectivity index (χ0) is 18.7. The van der Waals surface area contributed by atoms with Gasteiger partial charge < -0.3 is 15.1 Å². The minimum absolute atomic E-state index is 0.0246. The summed E-state index contributed by atoms with van der Waals surface area (Å²) in [6, 6.07) is 13.4. The van der Waals surface area contributed by atoms with E-state index in [4.69, 9.17) is 23.2 Å². The molecule has 2 aromatic carbocycles. The first-order chi connectivity index (χ1) is 12.5. The maximum Gasteiger partial charge on any atom is 0.282 e. The number of rotatable bonds is 4. The number of hydrogen-bond acceptors (Lipinski definition) is 2. The minimum Gasteiger partial charge on any atom is -0.359 e. The number of anilines is 2. The second kappa shape index (κ2) is 8.30. The van der Waals surface area contributed by atoms with E-state index >= 15 is 0 Å². The summed E-state index contributed by atoms with van der Waals surface area (Å²) in [6.45, 7) is 7.45. The van der Waals surface area contributed by atoms with Crippen molar-refractivity contribution in [1.29, 1.82) is 0 Å². The van der Waals surface area contributed by atoms with Crippen molar-refractivity contribution in [2.24, 2.45) is 0 Å². The van der Waals surface area contributed by atoms with Gasteiger partial charge in [-0.1, -0.05) is 41.4 Å². The molecule has 1 aliphatic heterocycles. The maximum atomic E-state index is 12.7. The summed E-state index contributed by atoms with van der Waals surface area (Å²) in [6.07, 6.45) is 0. The fourth-order valence-electron chi connectivity index (χ4n) is 3.35. The van der Waals surface area contributed by atoms with Crippen LogP contribution >= 0.6 is 23.2 Å². The summed E-state index contributed by atoms with van der Waals surface area (Å²) in [4.78, 5) is 16.2. The second-order valence-corrected chi connectivity index (χ2v) is 7.53. The molecule has 0 bridgehead atoms. The Morgan fingerprint density at radius 1 is 1.08 bits per heavy atom. The van der Waals surface area contributed by atoms with Crippen LogP contribution in [0.5, 0.6) is 0 Å². The first-order valence-electron chi connectivity index (χ1n) is 8.87. The fourth-order valence-corrected chi connectivity index (χ4v) is 3.78. The lowest BCUT2D eigenvalue weighted by molar-refractivity contribution is -0.914. The number of amides is 1. The summed E-state index contributed by atoms with van der Waals surface area (Å²) >= 11 is 12.4.